The molecule has 3 heteroatoms. The van der Waals surface area contributed by atoms with Crippen molar-refractivity contribution in [2.75, 3.05) is 6.61 Å². The summed E-state index contributed by atoms with van der Waals surface area (Å²) in [6, 6.07) is 17.6. The summed E-state index contributed by atoms with van der Waals surface area (Å²) in [5.41, 5.74) is 5.82. The summed E-state index contributed by atoms with van der Waals surface area (Å²) in [7, 11) is 0. The third kappa shape index (κ3) is 6.42. The highest BCUT2D eigenvalue weighted by Crippen LogP contribution is 2.34. The smallest absolute Gasteiger partial charge is 0.450 e. The lowest BCUT2D eigenvalue weighted by Gasteiger charge is -2.23. The van der Waals surface area contributed by atoms with E-state index in [1.807, 2.05) is 0 Å². The second-order valence-electron chi connectivity index (χ2n) is 6.97. The molecule has 0 aromatic heterocycles. The lowest BCUT2D eigenvalue weighted by molar-refractivity contribution is 0.0899. The molecular formula is C24H32O3. The molecule has 1 unspecified atom stereocenters. The van der Waals surface area contributed by atoms with Gasteiger partial charge in [0.05, 0.1) is 6.61 Å². The van der Waals surface area contributed by atoms with Crippen molar-refractivity contribution in [2.24, 2.45) is 0 Å². The van der Waals surface area contributed by atoms with Crippen LogP contribution in [0.25, 0.3) is 0 Å². The van der Waals surface area contributed by atoms with Crippen LogP contribution in [0.2, 0.25) is 0 Å². The Morgan fingerprint density at radius 1 is 0.926 bits per heavy atom. The van der Waals surface area contributed by atoms with Gasteiger partial charge in [-0.25, -0.2) is 4.79 Å². The lowest BCUT2D eigenvalue weighted by atomic mass is 9.82. The Morgan fingerprint density at radius 2 is 1.67 bits per heavy atom. The number of ether oxygens (including phenoxy) is 1. The van der Waals surface area contributed by atoms with Gasteiger partial charge in [-0.15, -0.1) is 0 Å². The van der Waals surface area contributed by atoms with Crippen LogP contribution in [-0.4, -0.2) is 17.9 Å². The monoisotopic (exact) mass is 368 g/mol. The Labute approximate surface area is 163 Å². The van der Waals surface area contributed by atoms with Crippen LogP contribution >= 0.6 is 0 Å². The molecule has 3 nitrogen and oxygen atoms in total. The van der Waals surface area contributed by atoms with Gasteiger partial charge in [0, 0.05) is 5.92 Å². The van der Waals surface area contributed by atoms with E-state index in [0.717, 1.165) is 44.9 Å². The fourth-order valence-electron chi connectivity index (χ4n) is 3.89. The van der Waals surface area contributed by atoms with Crippen molar-refractivity contribution in [1.29, 1.82) is 0 Å². The summed E-state index contributed by atoms with van der Waals surface area (Å²) in [5, 5.41) is 8.51. The highest BCUT2D eigenvalue weighted by Gasteiger charge is 2.18. The largest absolute Gasteiger partial charge is 0.505 e. The first-order valence-corrected chi connectivity index (χ1v) is 10.2. The van der Waals surface area contributed by atoms with E-state index < -0.39 is 6.16 Å². The molecule has 2 aromatic carbocycles. The molecule has 0 aliphatic rings. The van der Waals surface area contributed by atoms with Gasteiger partial charge < -0.3 is 9.84 Å². The van der Waals surface area contributed by atoms with E-state index in [1.54, 1.807) is 0 Å². The predicted octanol–water partition coefficient (Wildman–Crippen LogP) is 6.59. The Hall–Kier alpha value is -2.29. The summed E-state index contributed by atoms with van der Waals surface area (Å²) >= 11 is 0. The lowest BCUT2D eigenvalue weighted by Crippen LogP contribution is -2.07. The van der Waals surface area contributed by atoms with E-state index in [0.29, 0.717) is 12.5 Å². The van der Waals surface area contributed by atoms with Crippen LogP contribution < -0.4 is 0 Å². The van der Waals surface area contributed by atoms with Crippen molar-refractivity contribution in [3.8, 4) is 0 Å². The maximum atomic E-state index is 10.4. The molecule has 146 valence electrons. The van der Waals surface area contributed by atoms with Gasteiger partial charge in [-0.1, -0.05) is 81.6 Å². The van der Waals surface area contributed by atoms with Crippen LogP contribution in [-0.2, 0) is 17.6 Å². The van der Waals surface area contributed by atoms with Crippen molar-refractivity contribution in [3.63, 3.8) is 0 Å². The predicted molar refractivity (Wildman–Crippen MR) is 111 cm³/mol. The van der Waals surface area contributed by atoms with Gasteiger partial charge in [-0.2, -0.15) is 0 Å². The minimum absolute atomic E-state index is 0.302. The van der Waals surface area contributed by atoms with Gasteiger partial charge in [0.25, 0.3) is 0 Å². The maximum Gasteiger partial charge on any atom is 0.505 e. The first kappa shape index (κ1) is 21.0. The molecule has 0 amide bonds. The number of carboxylic acid groups (broad SMARTS) is 1. The standard InChI is InChI=1S/C24H32O3/c1-3-19-15-12-17-23(21(19)4-2)22(20-13-8-7-9-14-20)16-10-5-6-11-18-27-24(25)26/h7-9,12-15,17,22H,3-6,10-11,16,18H2,1-2H3,(H,25,26). The molecular weight excluding hydrogens is 336 g/mol. The molecule has 0 aliphatic heterocycles. The number of rotatable bonds is 11. The van der Waals surface area contributed by atoms with Crippen molar-refractivity contribution in [2.45, 2.75) is 64.7 Å². The van der Waals surface area contributed by atoms with Crippen LogP contribution in [0.3, 0.4) is 0 Å². The van der Waals surface area contributed by atoms with Crippen molar-refractivity contribution in [3.05, 3.63) is 70.8 Å². The molecule has 2 aromatic rings. The van der Waals surface area contributed by atoms with Crippen molar-refractivity contribution in [1.82, 2.24) is 0 Å². The minimum atomic E-state index is -1.18. The molecule has 2 rings (SSSR count). The van der Waals surface area contributed by atoms with Gasteiger partial charge in [0.2, 0.25) is 0 Å². The zero-order chi connectivity index (χ0) is 19.5. The van der Waals surface area contributed by atoms with Gasteiger partial charge in [0.1, 0.15) is 0 Å². The number of hydrogen-bond acceptors (Lipinski definition) is 2. The van der Waals surface area contributed by atoms with Crippen molar-refractivity contribution >= 4 is 6.16 Å². The van der Waals surface area contributed by atoms with Gasteiger partial charge in [-0.05, 0) is 47.9 Å². The number of unbranched alkanes of at least 4 members (excludes halogenated alkanes) is 3. The molecule has 0 aliphatic carbocycles. The molecule has 1 atom stereocenters. The quantitative estimate of drug-likeness (QED) is 0.359. The Morgan fingerprint density at radius 3 is 2.33 bits per heavy atom. The molecule has 0 heterocycles. The normalized spacial score (nSPS) is 11.9. The third-order valence-corrected chi connectivity index (χ3v) is 5.23. The molecule has 0 radical (unpaired) electrons. The summed E-state index contributed by atoms with van der Waals surface area (Å²) in [6.07, 6.45) is 6.11. The average molecular weight is 369 g/mol. The molecule has 0 fully saturated rings. The maximum absolute atomic E-state index is 10.4. The van der Waals surface area contributed by atoms with E-state index >= 15 is 0 Å². The van der Waals surface area contributed by atoms with Gasteiger partial charge in [0.15, 0.2) is 0 Å². The summed E-state index contributed by atoms with van der Waals surface area (Å²) in [5.74, 6) is 0.419. The second kappa shape index (κ2) is 11.4. The second-order valence-corrected chi connectivity index (χ2v) is 6.97. The van der Waals surface area contributed by atoms with E-state index in [9.17, 15) is 4.79 Å². The fourth-order valence-corrected chi connectivity index (χ4v) is 3.89. The van der Waals surface area contributed by atoms with Crippen LogP contribution in [0, 0.1) is 0 Å². The van der Waals surface area contributed by atoms with Crippen molar-refractivity contribution < 1.29 is 14.6 Å². The molecule has 0 saturated carbocycles. The molecule has 0 bridgehead atoms. The Balaban J connectivity index is 2.07. The summed E-state index contributed by atoms with van der Waals surface area (Å²) in [4.78, 5) is 10.4. The molecule has 0 saturated heterocycles. The first-order valence-electron chi connectivity index (χ1n) is 10.2. The molecule has 27 heavy (non-hydrogen) atoms. The Bertz CT molecular complexity index is 694. The van der Waals surface area contributed by atoms with E-state index in [1.165, 1.54) is 22.3 Å². The van der Waals surface area contributed by atoms with Crippen LogP contribution in [0.5, 0.6) is 0 Å². The highest BCUT2D eigenvalue weighted by atomic mass is 16.7. The SMILES string of the molecule is CCc1cccc(C(CCCCCCOC(=O)O)c2ccccc2)c1CC. The van der Waals surface area contributed by atoms with E-state index in [2.05, 4.69) is 67.1 Å². The highest BCUT2D eigenvalue weighted by molar-refractivity contribution is 5.56. The van der Waals surface area contributed by atoms with Crippen LogP contribution in [0.1, 0.15) is 74.1 Å². The van der Waals surface area contributed by atoms with Crippen LogP contribution in [0.4, 0.5) is 4.79 Å². The zero-order valence-corrected chi connectivity index (χ0v) is 16.6. The van der Waals surface area contributed by atoms with E-state index in [4.69, 9.17) is 5.11 Å². The number of aryl methyl sites for hydroxylation is 1. The van der Waals surface area contributed by atoms with E-state index in [-0.39, 0.29) is 0 Å². The number of benzene rings is 2. The van der Waals surface area contributed by atoms with Gasteiger partial charge in [-0.3, -0.25) is 0 Å². The number of carbonyl (C=O) groups is 1. The Kier molecular flexibility index (Phi) is 8.90. The fraction of sp³-hybridized carbons (Fsp3) is 0.458. The third-order valence-electron chi connectivity index (χ3n) is 5.23. The molecule has 0 spiro atoms. The minimum Gasteiger partial charge on any atom is -0.450 e. The van der Waals surface area contributed by atoms with Crippen LogP contribution in [0.15, 0.2) is 48.5 Å². The summed E-state index contributed by atoms with van der Waals surface area (Å²) in [6.45, 7) is 4.79. The first-order chi connectivity index (χ1) is 13.2. The number of hydrogen-bond donors (Lipinski definition) is 1. The average Bonchev–Trinajstić information content (AvgIpc) is 2.70. The summed E-state index contributed by atoms with van der Waals surface area (Å²) < 4.78 is 4.58. The zero-order valence-electron chi connectivity index (χ0n) is 16.6. The topological polar surface area (TPSA) is 46.5 Å². The molecule has 1 N–H and O–H groups in total. The van der Waals surface area contributed by atoms with Gasteiger partial charge >= 0.3 is 6.16 Å².